The van der Waals surface area contributed by atoms with Gasteiger partial charge in [0.05, 0.1) is 17.2 Å². The number of benzene rings is 3. The van der Waals surface area contributed by atoms with E-state index in [0.717, 1.165) is 17.7 Å². The molecule has 3 aromatic carbocycles. The molecule has 33 heavy (non-hydrogen) atoms. The normalized spacial score (nSPS) is 15.5. The lowest BCUT2D eigenvalue weighted by molar-refractivity contribution is 0.0937. The number of halogens is 1. The monoisotopic (exact) mass is 470 g/mol. The summed E-state index contributed by atoms with van der Waals surface area (Å²) in [6.45, 7) is 0.741. The first-order valence-corrected chi connectivity index (χ1v) is 11.7. The molecule has 0 spiro atoms. The average molecular weight is 471 g/mol. The number of amides is 1. The maximum atomic E-state index is 13.8. The molecule has 0 saturated carbocycles. The molecule has 3 aromatic rings. The van der Waals surface area contributed by atoms with E-state index in [1.54, 1.807) is 12.1 Å². The Hall–Kier alpha value is -3.43. The fourth-order valence-corrected chi connectivity index (χ4v) is 5.28. The zero-order valence-corrected chi connectivity index (χ0v) is 18.7. The number of sulfonamides is 1. The summed E-state index contributed by atoms with van der Waals surface area (Å²) < 4.78 is 53.1. The molecular weight excluding hydrogens is 447 g/mol. The lowest BCUT2D eigenvalue weighted by atomic mass is 10.0. The second-order valence-electron chi connectivity index (χ2n) is 7.42. The Morgan fingerprint density at radius 1 is 1.12 bits per heavy atom. The van der Waals surface area contributed by atoms with Gasteiger partial charge in [0, 0.05) is 19.2 Å². The average Bonchev–Trinajstić information content (AvgIpc) is 2.83. The molecule has 0 radical (unpaired) electrons. The molecule has 0 aliphatic carbocycles. The van der Waals surface area contributed by atoms with Crippen molar-refractivity contribution < 1.29 is 27.1 Å². The van der Waals surface area contributed by atoms with Gasteiger partial charge in [0.2, 0.25) is 0 Å². The van der Waals surface area contributed by atoms with E-state index in [0.29, 0.717) is 18.9 Å². The fourth-order valence-electron chi connectivity index (χ4n) is 3.65. The van der Waals surface area contributed by atoms with Crippen LogP contribution in [0.2, 0.25) is 0 Å². The van der Waals surface area contributed by atoms with Crippen LogP contribution in [0.1, 0.15) is 22.0 Å². The van der Waals surface area contributed by atoms with Gasteiger partial charge in [-0.2, -0.15) is 0 Å². The second-order valence-corrected chi connectivity index (χ2v) is 9.24. The minimum atomic E-state index is -4.12. The Morgan fingerprint density at radius 3 is 2.55 bits per heavy atom. The van der Waals surface area contributed by atoms with Gasteiger partial charge in [0.15, 0.2) is 0 Å². The molecule has 0 saturated heterocycles. The third-order valence-corrected chi connectivity index (χ3v) is 7.12. The van der Waals surface area contributed by atoms with E-state index in [-0.39, 0.29) is 28.7 Å². The molecule has 4 rings (SSSR count). The van der Waals surface area contributed by atoms with Crippen molar-refractivity contribution in [1.82, 2.24) is 5.32 Å². The van der Waals surface area contributed by atoms with E-state index in [9.17, 15) is 17.6 Å². The van der Waals surface area contributed by atoms with Crippen LogP contribution >= 0.6 is 0 Å². The SMILES string of the molecule is COCCNC(=O)c1ccc2c(c1)N(S(=O)(=O)c1ccc(F)cc1)C(c1ccccc1)CO2. The number of anilines is 1. The highest BCUT2D eigenvalue weighted by molar-refractivity contribution is 7.92. The zero-order chi connectivity index (χ0) is 23.4. The Bertz CT molecular complexity index is 1230. The van der Waals surface area contributed by atoms with Gasteiger partial charge >= 0.3 is 0 Å². The van der Waals surface area contributed by atoms with Crippen molar-refractivity contribution in [2.45, 2.75) is 10.9 Å². The quantitative estimate of drug-likeness (QED) is 0.534. The van der Waals surface area contributed by atoms with Crippen LogP contribution in [0.3, 0.4) is 0 Å². The van der Waals surface area contributed by atoms with Crippen LogP contribution < -0.4 is 14.4 Å². The molecule has 0 fully saturated rings. The number of carbonyl (C=O) groups excluding carboxylic acids is 1. The van der Waals surface area contributed by atoms with Gasteiger partial charge in [-0.25, -0.2) is 12.8 Å². The third kappa shape index (κ3) is 4.69. The van der Waals surface area contributed by atoms with Crippen LogP contribution in [0.15, 0.2) is 77.7 Å². The Kier molecular flexibility index (Phi) is 6.62. The summed E-state index contributed by atoms with van der Waals surface area (Å²) in [6, 6.07) is 17.7. The molecule has 0 bridgehead atoms. The topological polar surface area (TPSA) is 84.9 Å². The predicted molar refractivity (Wildman–Crippen MR) is 121 cm³/mol. The van der Waals surface area contributed by atoms with E-state index in [2.05, 4.69) is 5.32 Å². The predicted octanol–water partition coefficient (Wildman–Crippen LogP) is 3.53. The number of methoxy groups -OCH3 is 1. The second kappa shape index (κ2) is 9.60. The van der Waals surface area contributed by atoms with Crippen molar-refractivity contribution in [3.05, 3.63) is 89.7 Å². The number of nitrogens with zero attached hydrogens (tertiary/aromatic N) is 1. The molecule has 1 aliphatic rings. The van der Waals surface area contributed by atoms with E-state index >= 15 is 0 Å². The van der Waals surface area contributed by atoms with Gasteiger partial charge in [-0.05, 0) is 48.0 Å². The fraction of sp³-hybridized carbons (Fsp3) is 0.208. The summed E-state index contributed by atoms with van der Waals surface area (Å²) in [4.78, 5) is 12.5. The molecule has 0 aromatic heterocycles. The smallest absolute Gasteiger partial charge is 0.265 e. The van der Waals surface area contributed by atoms with Gasteiger partial charge in [-0.15, -0.1) is 0 Å². The van der Waals surface area contributed by atoms with Crippen molar-refractivity contribution in [2.24, 2.45) is 0 Å². The maximum Gasteiger partial charge on any atom is 0.265 e. The highest BCUT2D eigenvalue weighted by Crippen LogP contribution is 2.43. The first-order chi connectivity index (χ1) is 15.9. The summed E-state index contributed by atoms with van der Waals surface area (Å²) in [5, 5.41) is 2.73. The summed E-state index contributed by atoms with van der Waals surface area (Å²) in [7, 11) is -2.59. The summed E-state index contributed by atoms with van der Waals surface area (Å²) in [5.41, 5.74) is 1.24. The van der Waals surface area contributed by atoms with Crippen LogP contribution in [-0.2, 0) is 14.8 Å². The molecule has 1 amide bonds. The Labute approximate surface area is 191 Å². The molecule has 172 valence electrons. The number of hydrogen-bond donors (Lipinski definition) is 1. The van der Waals surface area contributed by atoms with Gasteiger partial charge in [-0.3, -0.25) is 9.10 Å². The summed E-state index contributed by atoms with van der Waals surface area (Å²) >= 11 is 0. The van der Waals surface area contributed by atoms with Crippen molar-refractivity contribution in [2.75, 3.05) is 31.2 Å². The van der Waals surface area contributed by atoms with Crippen molar-refractivity contribution in [3.63, 3.8) is 0 Å². The highest BCUT2D eigenvalue weighted by atomic mass is 32.2. The lowest BCUT2D eigenvalue weighted by Crippen LogP contribution is -2.41. The minimum absolute atomic E-state index is 0.0624. The van der Waals surface area contributed by atoms with Crippen molar-refractivity contribution in [3.8, 4) is 5.75 Å². The molecule has 1 atom stereocenters. The number of fused-ring (bicyclic) bond motifs is 1. The lowest BCUT2D eigenvalue weighted by Gasteiger charge is -2.38. The largest absolute Gasteiger partial charge is 0.489 e. The minimum Gasteiger partial charge on any atom is -0.489 e. The van der Waals surface area contributed by atoms with Gasteiger partial charge in [0.1, 0.15) is 24.2 Å². The van der Waals surface area contributed by atoms with Crippen molar-refractivity contribution >= 4 is 21.6 Å². The number of ether oxygens (including phenoxy) is 2. The van der Waals surface area contributed by atoms with E-state index in [1.807, 2.05) is 30.3 Å². The Morgan fingerprint density at radius 2 is 1.85 bits per heavy atom. The molecule has 9 heteroatoms. The number of rotatable bonds is 7. The first-order valence-electron chi connectivity index (χ1n) is 10.3. The zero-order valence-electron chi connectivity index (χ0n) is 17.9. The number of hydrogen-bond acceptors (Lipinski definition) is 5. The van der Waals surface area contributed by atoms with E-state index in [1.165, 1.54) is 29.6 Å². The van der Waals surface area contributed by atoms with E-state index < -0.39 is 21.9 Å². The van der Waals surface area contributed by atoms with Crippen LogP contribution in [0.5, 0.6) is 5.75 Å². The highest BCUT2D eigenvalue weighted by Gasteiger charge is 2.38. The number of carbonyl (C=O) groups is 1. The standard InChI is InChI=1S/C24H23FN2O5S/c1-31-14-13-26-24(28)18-7-12-23-21(15-18)27(22(16-32-23)17-5-3-2-4-6-17)33(29,30)20-10-8-19(25)9-11-20/h2-12,15,22H,13-14,16H2,1H3,(H,26,28). The molecule has 1 N–H and O–H groups in total. The summed E-state index contributed by atoms with van der Waals surface area (Å²) in [6.07, 6.45) is 0. The van der Waals surface area contributed by atoms with Crippen LogP contribution in [0.25, 0.3) is 0 Å². The van der Waals surface area contributed by atoms with Crippen LogP contribution in [0.4, 0.5) is 10.1 Å². The van der Waals surface area contributed by atoms with Gasteiger partial charge < -0.3 is 14.8 Å². The first kappa shape index (κ1) is 22.8. The summed E-state index contributed by atoms with van der Waals surface area (Å²) in [5.74, 6) is -0.567. The Balaban J connectivity index is 1.81. The van der Waals surface area contributed by atoms with Gasteiger partial charge in [-0.1, -0.05) is 30.3 Å². The molecule has 1 unspecified atom stereocenters. The third-order valence-electron chi connectivity index (χ3n) is 5.28. The maximum absolute atomic E-state index is 13.8. The molecule has 7 nitrogen and oxygen atoms in total. The molecular formula is C24H23FN2O5S. The van der Waals surface area contributed by atoms with Gasteiger partial charge in [0.25, 0.3) is 15.9 Å². The van der Waals surface area contributed by atoms with Crippen LogP contribution in [-0.4, -0.2) is 41.2 Å². The van der Waals surface area contributed by atoms with E-state index in [4.69, 9.17) is 9.47 Å². The van der Waals surface area contributed by atoms with Crippen molar-refractivity contribution in [1.29, 1.82) is 0 Å². The molecule has 1 aliphatic heterocycles. The number of nitrogens with one attached hydrogen (secondary N) is 1. The van der Waals surface area contributed by atoms with Crippen LogP contribution in [0, 0.1) is 5.82 Å². The molecule has 1 heterocycles.